The lowest BCUT2D eigenvalue weighted by atomic mass is 10.1. The van der Waals surface area contributed by atoms with Crippen LogP contribution in [0.2, 0.25) is 5.02 Å². The molecule has 1 unspecified atom stereocenters. The van der Waals surface area contributed by atoms with Gasteiger partial charge in [0.25, 0.3) is 0 Å². The van der Waals surface area contributed by atoms with Crippen LogP contribution in [0.15, 0.2) is 35.2 Å². The molecule has 0 saturated carbocycles. The molecule has 0 amide bonds. The lowest BCUT2D eigenvalue weighted by Gasteiger charge is -2.30. The van der Waals surface area contributed by atoms with Crippen LogP contribution < -0.4 is 25.0 Å². The summed E-state index contributed by atoms with van der Waals surface area (Å²) >= 11 is 6.29. The average molecular weight is 452 g/mol. The van der Waals surface area contributed by atoms with Crippen molar-refractivity contribution in [1.82, 2.24) is 5.32 Å². The monoisotopic (exact) mass is 451 g/mol. The summed E-state index contributed by atoms with van der Waals surface area (Å²) in [6, 6.07) is 8.77. The van der Waals surface area contributed by atoms with Crippen molar-refractivity contribution >= 4 is 32.8 Å². The van der Waals surface area contributed by atoms with Gasteiger partial charge in [-0.2, -0.15) is 0 Å². The van der Waals surface area contributed by atoms with E-state index in [9.17, 15) is 8.42 Å². The third-order valence-corrected chi connectivity index (χ3v) is 6.69. The van der Waals surface area contributed by atoms with Crippen molar-refractivity contribution in [1.29, 1.82) is 0 Å². The molecule has 0 aliphatic carbocycles. The molecule has 2 aliphatic heterocycles. The molecule has 0 aromatic heterocycles. The summed E-state index contributed by atoms with van der Waals surface area (Å²) < 4.78 is 36.3. The Kier molecular flexibility index (Phi) is 5.99. The number of hydrogen-bond donors (Lipinski definition) is 2. The molecule has 0 radical (unpaired) electrons. The number of ether oxygens (including phenoxy) is 2. The van der Waals surface area contributed by atoms with E-state index in [-0.39, 0.29) is 10.9 Å². The molecule has 2 N–H and O–H groups in total. The summed E-state index contributed by atoms with van der Waals surface area (Å²) in [6.07, 6.45) is 1.22. The maximum atomic E-state index is 12.4. The van der Waals surface area contributed by atoms with Gasteiger partial charge in [0.05, 0.1) is 16.6 Å². The highest BCUT2D eigenvalue weighted by Crippen LogP contribution is 2.41. The van der Waals surface area contributed by atoms with E-state index in [0.717, 1.165) is 37.4 Å². The molecule has 1 saturated heterocycles. The van der Waals surface area contributed by atoms with Gasteiger partial charge in [-0.3, -0.25) is 0 Å². The highest BCUT2D eigenvalue weighted by molar-refractivity contribution is 7.90. The van der Waals surface area contributed by atoms with E-state index in [2.05, 4.69) is 15.5 Å². The molecule has 30 heavy (non-hydrogen) atoms. The average Bonchev–Trinajstić information content (AvgIpc) is 2.73. The second-order valence-corrected chi connectivity index (χ2v) is 10.00. The summed E-state index contributed by atoms with van der Waals surface area (Å²) in [6.45, 7) is 6.44. The molecule has 2 aromatic carbocycles. The number of benzene rings is 2. The van der Waals surface area contributed by atoms with Gasteiger partial charge in [0, 0.05) is 54.8 Å². The normalized spacial score (nSPS) is 17.5. The quantitative estimate of drug-likeness (QED) is 0.723. The minimum atomic E-state index is -3.41. The molecule has 2 aliphatic rings. The molecule has 0 spiro atoms. The first kappa shape index (κ1) is 21.1. The van der Waals surface area contributed by atoms with E-state index in [0.29, 0.717) is 35.4 Å². The van der Waals surface area contributed by atoms with Crippen molar-refractivity contribution in [3.63, 3.8) is 0 Å². The molecule has 2 heterocycles. The lowest BCUT2D eigenvalue weighted by Crippen LogP contribution is -2.43. The SMILES string of the molecule is CC(Nc1cc(N2CCNCC2)ccc1S(C)(=O)=O)c1cc(Cl)cc2c1OCCO2. The second-order valence-electron chi connectivity index (χ2n) is 7.57. The van der Waals surface area contributed by atoms with E-state index in [1.54, 1.807) is 12.1 Å². The van der Waals surface area contributed by atoms with Crippen LogP contribution in [0.1, 0.15) is 18.5 Å². The molecule has 2 aromatic rings. The molecule has 4 rings (SSSR count). The third kappa shape index (κ3) is 4.45. The molecule has 162 valence electrons. The number of halogens is 1. The number of nitrogens with one attached hydrogen (secondary N) is 2. The van der Waals surface area contributed by atoms with Gasteiger partial charge in [0.2, 0.25) is 0 Å². The van der Waals surface area contributed by atoms with Crippen molar-refractivity contribution < 1.29 is 17.9 Å². The van der Waals surface area contributed by atoms with Crippen LogP contribution in [0.25, 0.3) is 0 Å². The standard InChI is InChI=1S/C21H26ClN3O4S/c1-14(17-11-15(22)12-19-21(17)29-10-9-28-19)24-18-13-16(25-7-5-23-6-8-25)3-4-20(18)30(2,26)27/h3-4,11-14,23-24H,5-10H2,1-2H3. The van der Waals surface area contributed by atoms with Crippen molar-refractivity contribution in [2.75, 3.05) is 55.9 Å². The van der Waals surface area contributed by atoms with Gasteiger partial charge >= 0.3 is 0 Å². The maximum Gasteiger partial charge on any atom is 0.177 e. The smallest absolute Gasteiger partial charge is 0.177 e. The van der Waals surface area contributed by atoms with E-state index in [1.165, 1.54) is 6.26 Å². The van der Waals surface area contributed by atoms with Crippen molar-refractivity contribution in [3.8, 4) is 11.5 Å². The third-order valence-electron chi connectivity index (χ3n) is 5.32. The number of fused-ring (bicyclic) bond motifs is 1. The zero-order valence-corrected chi connectivity index (χ0v) is 18.6. The van der Waals surface area contributed by atoms with Crippen LogP contribution in [0, 0.1) is 0 Å². The van der Waals surface area contributed by atoms with Crippen molar-refractivity contribution in [3.05, 3.63) is 40.9 Å². The molecule has 1 fully saturated rings. The lowest BCUT2D eigenvalue weighted by molar-refractivity contribution is 0.169. The summed E-state index contributed by atoms with van der Waals surface area (Å²) in [4.78, 5) is 2.51. The van der Waals surface area contributed by atoms with Gasteiger partial charge < -0.3 is 25.0 Å². The first-order chi connectivity index (χ1) is 14.3. The predicted octanol–water partition coefficient (Wildman–Crippen LogP) is 3.10. The van der Waals surface area contributed by atoms with Crippen LogP contribution in [-0.2, 0) is 9.84 Å². The zero-order valence-electron chi connectivity index (χ0n) is 17.1. The highest BCUT2D eigenvalue weighted by Gasteiger charge is 2.23. The van der Waals surface area contributed by atoms with Crippen molar-refractivity contribution in [2.24, 2.45) is 0 Å². The fourth-order valence-corrected chi connectivity index (χ4v) is 4.90. The number of hydrogen-bond acceptors (Lipinski definition) is 7. The molecule has 7 nitrogen and oxygen atoms in total. The van der Waals surface area contributed by atoms with Gasteiger partial charge in [0.1, 0.15) is 13.2 Å². The molecular weight excluding hydrogens is 426 g/mol. The van der Waals surface area contributed by atoms with Gasteiger partial charge in [-0.15, -0.1) is 0 Å². The highest BCUT2D eigenvalue weighted by atomic mass is 35.5. The number of sulfone groups is 1. The Morgan fingerprint density at radius 1 is 1.13 bits per heavy atom. The topological polar surface area (TPSA) is 79.9 Å². The van der Waals surface area contributed by atoms with Crippen molar-refractivity contribution in [2.45, 2.75) is 17.9 Å². The van der Waals surface area contributed by atoms with Crippen LogP contribution in [-0.4, -0.2) is 54.1 Å². The first-order valence-corrected chi connectivity index (χ1v) is 12.3. The number of piperazine rings is 1. The van der Waals surface area contributed by atoms with E-state index < -0.39 is 9.84 Å². The fourth-order valence-electron chi connectivity index (χ4n) is 3.85. The molecular formula is C21H26ClN3O4S. The largest absolute Gasteiger partial charge is 0.486 e. The predicted molar refractivity (Wildman–Crippen MR) is 119 cm³/mol. The van der Waals surface area contributed by atoms with Crippen LogP contribution in [0.3, 0.4) is 0 Å². The van der Waals surface area contributed by atoms with Crippen LogP contribution in [0.4, 0.5) is 11.4 Å². The van der Waals surface area contributed by atoms with Gasteiger partial charge in [-0.05, 0) is 31.2 Å². The van der Waals surface area contributed by atoms with Crippen LogP contribution in [0.5, 0.6) is 11.5 Å². The second kappa shape index (κ2) is 8.53. The fraction of sp³-hybridized carbons (Fsp3) is 0.429. The van der Waals surface area contributed by atoms with E-state index in [1.807, 2.05) is 25.1 Å². The van der Waals surface area contributed by atoms with E-state index in [4.69, 9.17) is 21.1 Å². The van der Waals surface area contributed by atoms with Crippen LogP contribution >= 0.6 is 11.6 Å². The molecule has 1 atom stereocenters. The number of anilines is 2. The minimum absolute atomic E-state index is 0.252. The Hall–Kier alpha value is -2.16. The number of nitrogens with zero attached hydrogens (tertiary/aromatic N) is 1. The van der Waals surface area contributed by atoms with Gasteiger partial charge in [-0.1, -0.05) is 11.6 Å². The number of rotatable bonds is 5. The summed E-state index contributed by atoms with van der Waals surface area (Å²) in [5.74, 6) is 1.25. The summed E-state index contributed by atoms with van der Waals surface area (Å²) in [5, 5.41) is 7.25. The Labute approximate surface area is 182 Å². The maximum absolute atomic E-state index is 12.4. The molecule has 9 heteroatoms. The van der Waals surface area contributed by atoms with Gasteiger partial charge in [0.15, 0.2) is 21.3 Å². The Morgan fingerprint density at radius 2 is 1.87 bits per heavy atom. The summed E-state index contributed by atoms with van der Waals surface area (Å²) in [7, 11) is -3.41. The Balaban J connectivity index is 1.70. The molecule has 0 bridgehead atoms. The minimum Gasteiger partial charge on any atom is -0.486 e. The Bertz CT molecular complexity index is 1040. The summed E-state index contributed by atoms with van der Waals surface area (Å²) in [5.41, 5.74) is 2.38. The van der Waals surface area contributed by atoms with E-state index >= 15 is 0 Å². The Morgan fingerprint density at radius 3 is 2.60 bits per heavy atom. The van der Waals surface area contributed by atoms with Gasteiger partial charge in [-0.25, -0.2) is 8.42 Å². The first-order valence-electron chi connectivity index (χ1n) is 9.98. The zero-order chi connectivity index (χ0) is 21.3.